The summed E-state index contributed by atoms with van der Waals surface area (Å²) in [7, 11) is 0. The molecule has 0 radical (unpaired) electrons. The molecule has 2 aromatic rings. The summed E-state index contributed by atoms with van der Waals surface area (Å²) in [6.07, 6.45) is 1.82. The van der Waals surface area contributed by atoms with Gasteiger partial charge < -0.3 is 10.2 Å². The molecule has 4 heteroatoms. The highest BCUT2D eigenvalue weighted by Gasteiger charge is 2.18. The van der Waals surface area contributed by atoms with Crippen LogP contribution in [0.15, 0.2) is 60.7 Å². The second-order valence-electron chi connectivity index (χ2n) is 5.52. The van der Waals surface area contributed by atoms with Crippen LogP contribution >= 0.6 is 12.4 Å². The number of benzene rings is 2. The molecule has 2 rings (SSSR count). The van der Waals surface area contributed by atoms with E-state index in [9.17, 15) is 10.2 Å². The van der Waals surface area contributed by atoms with Gasteiger partial charge in [0.15, 0.2) is 0 Å². The molecular weight excluding hydrogens is 310 g/mol. The van der Waals surface area contributed by atoms with E-state index in [0.717, 1.165) is 12.8 Å². The van der Waals surface area contributed by atoms with Crippen molar-refractivity contribution in [2.24, 2.45) is 0 Å². The lowest BCUT2D eigenvalue weighted by Crippen LogP contribution is -2.42. The van der Waals surface area contributed by atoms with Crippen molar-refractivity contribution in [2.45, 2.75) is 18.9 Å². The molecule has 0 saturated carbocycles. The minimum absolute atomic E-state index is 0. The predicted octanol–water partition coefficient (Wildman–Crippen LogP) is 2.55. The summed E-state index contributed by atoms with van der Waals surface area (Å²) in [5.41, 5.74) is 2.56. The van der Waals surface area contributed by atoms with Gasteiger partial charge >= 0.3 is 0 Å². The fraction of sp³-hybridized carbons (Fsp3) is 0.368. The van der Waals surface area contributed by atoms with E-state index in [1.54, 1.807) is 0 Å². The Morgan fingerprint density at radius 2 is 1.09 bits per heavy atom. The Kier molecular flexibility index (Phi) is 9.57. The van der Waals surface area contributed by atoms with E-state index >= 15 is 0 Å². The highest BCUT2D eigenvalue weighted by Crippen LogP contribution is 2.14. The third kappa shape index (κ3) is 6.71. The van der Waals surface area contributed by atoms with E-state index in [4.69, 9.17) is 0 Å². The van der Waals surface area contributed by atoms with E-state index < -0.39 is 0 Å². The first kappa shape index (κ1) is 19.7. The molecule has 0 heterocycles. The monoisotopic (exact) mass is 335 g/mol. The number of aliphatic hydroxyl groups excluding tert-OH is 2. The summed E-state index contributed by atoms with van der Waals surface area (Å²) in [6, 6.07) is 21.1. The summed E-state index contributed by atoms with van der Waals surface area (Å²) < 4.78 is 0. The molecule has 0 unspecified atom stereocenters. The molecule has 3 nitrogen and oxygen atoms in total. The molecule has 0 aromatic heterocycles. The molecule has 0 aliphatic rings. The molecule has 0 fully saturated rings. The van der Waals surface area contributed by atoms with Crippen LogP contribution in [0.5, 0.6) is 0 Å². The molecule has 126 valence electrons. The minimum atomic E-state index is 0. The van der Waals surface area contributed by atoms with Crippen molar-refractivity contribution in [3.63, 3.8) is 0 Å². The molecule has 0 amide bonds. The maximum absolute atomic E-state index is 9.32. The highest BCUT2D eigenvalue weighted by molar-refractivity contribution is 5.85. The Bertz CT molecular complexity index is 474. The second-order valence-corrected chi connectivity index (χ2v) is 5.52. The summed E-state index contributed by atoms with van der Waals surface area (Å²) in [6.45, 7) is 1.40. The molecule has 2 aromatic carbocycles. The third-order valence-electron chi connectivity index (χ3n) is 3.92. The van der Waals surface area contributed by atoms with Gasteiger partial charge in [-0.15, -0.1) is 12.4 Å². The summed E-state index contributed by atoms with van der Waals surface area (Å²) >= 11 is 0. The Hall–Kier alpha value is -1.39. The number of hydrogen-bond acceptors (Lipinski definition) is 3. The van der Waals surface area contributed by atoms with Gasteiger partial charge in [0.2, 0.25) is 0 Å². The number of halogens is 1. The smallest absolute Gasteiger partial charge is 0.0558 e. The van der Waals surface area contributed by atoms with Crippen molar-refractivity contribution in [3.8, 4) is 0 Å². The molecule has 0 atom stereocenters. The van der Waals surface area contributed by atoms with Gasteiger partial charge in [0.05, 0.1) is 13.2 Å². The Labute approximate surface area is 145 Å². The fourth-order valence-electron chi connectivity index (χ4n) is 2.84. The average Bonchev–Trinajstić information content (AvgIpc) is 2.56. The van der Waals surface area contributed by atoms with Crippen molar-refractivity contribution < 1.29 is 10.2 Å². The molecule has 2 N–H and O–H groups in total. The topological polar surface area (TPSA) is 43.7 Å². The molecule has 0 aliphatic carbocycles. The second kappa shape index (κ2) is 11.2. The lowest BCUT2D eigenvalue weighted by atomic mass is 9.97. The van der Waals surface area contributed by atoms with Crippen LogP contribution < -0.4 is 0 Å². The molecular formula is C19H26ClNO2. The van der Waals surface area contributed by atoms with Crippen LogP contribution in [0.25, 0.3) is 0 Å². The quantitative estimate of drug-likeness (QED) is 0.740. The van der Waals surface area contributed by atoms with Crippen LogP contribution in [0, 0.1) is 0 Å². The fourth-order valence-corrected chi connectivity index (χ4v) is 2.84. The van der Waals surface area contributed by atoms with E-state index in [1.165, 1.54) is 11.1 Å². The van der Waals surface area contributed by atoms with Gasteiger partial charge in [0, 0.05) is 19.1 Å². The highest BCUT2D eigenvalue weighted by atomic mass is 35.5. The van der Waals surface area contributed by atoms with Gasteiger partial charge in [-0.3, -0.25) is 4.90 Å². The zero-order chi connectivity index (χ0) is 15.6. The zero-order valence-corrected chi connectivity index (χ0v) is 14.2. The van der Waals surface area contributed by atoms with Crippen LogP contribution in [0.2, 0.25) is 0 Å². The van der Waals surface area contributed by atoms with Crippen molar-refractivity contribution in [1.29, 1.82) is 0 Å². The Balaban J connectivity index is 0.00000264. The van der Waals surface area contributed by atoms with Gasteiger partial charge in [-0.2, -0.15) is 0 Å². The van der Waals surface area contributed by atoms with Crippen LogP contribution in [0.4, 0.5) is 0 Å². The Morgan fingerprint density at radius 3 is 1.43 bits per heavy atom. The van der Waals surface area contributed by atoms with Crippen molar-refractivity contribution in [3.05, 3.63) is 71.8 Å². The number of hydrogen-bond donors (Lipinski definition) is 2. The maximum atomic E-state index is 9.32. The van der Waals surface area contributed by atoms with Crippen molar-refractivity contribution in [2.75, 3.05) is 26.3 Å². The minimum Gasteiger partial charge on any atom is -0.395 e. The van der Waals surface area contributed by atoms with Gasteiger partial charge in [0.1, 0.15) is 0 Å². The van der Waals surface area contributed by atoms with Gasteiger partial charge in [0.25, 0.3) is 0 Å². The maximum Gasteiger partial charge on any atom is 0.0558 e. The van der Waals surface area contributed by atoms with Crippen molar-refractivity contribution >= 4 is 12.4 Å². The standard InChI is InChI=1S/C19H25NO2.ClH/c21-13-11-20(12-14-22)19(15-17-7-3-1-4-8-17)16-18-9-5-2-6-10-18;/h1-10,19,21-22H,11-16H2;1H. The van der Waals surface area contributed by atoms with E-state index in [2.05, 4.69) is 53.4 Å². The number of rotatable bonds is 9. The third-order valence-corrected chi connectivity index (χ3v) is 3.92. The van der Waals surface area contributed by atoms with Crippen LogP contribution in [-0.4, -0.2) is 47.5 Å². The SMILES string of the molecule is Cl.OCCN(CCO)C(Cc1ccccc1)Cc1ccccc1. The van der Waals surface area contributed by atoms with E-state index in [0.29, 0.717) is 13.1 Å². The van der Waals surface area contributed by atoms with Crippen LogP contribution in [0.3, 0.4) is 0 Å². The number of aliphatic hydroxyl groups is 2. The normalized spacial score (nSPS) is 10.8. The molecule has 0 saturated heterocycles. The van der Waals surface area contributed by atoms with Crippen molar-refractivity contribution in [1.82, 2.24) is 4.90 Å². The molecule has 0 aliphatic heterocycles. The average molecular weight is 336 g/mol. The lowest BCUT2D eigenvalue weighted by molar-refractivity contribution is 0.120. The van der Waals surface area contributed by atoms with Gasteiger partial charge in [-0.05, 0) is 24.0 Å². The molecule has 0 bridgehead atoms. The largest absolute Gasteiger partial charge is 0.395 e. The summed E-state index contributed by atoms with van der Waals surface area (Å²) in [4.78, 5) is 2.18. The first-order valence-corrected chi connectivity index (χ1v) is 7.87. The first-order chi connectivity index (χ1) is 10.8. The van der Waals surface area contributed by atoms with Crippen LogP contribution in [0.1, 0.15) is 11.1 Å². The van der Waals surface area contributed by atoms with Crippen LogP contribution in [-0.2, 0) is 12.8 Å². The summed E-state index contributed by atoms with van der Waals surface area (Å²) in [5, 5.41) is 18.6. The lowest BCUT2D eigenvalue weighted by Gasteiger charge is -2.31. The number of nitrogens with zero attached hydrogens (tertiary/aromatic N) is 1. The van der Waals surface area contributed by atoms with Gasteiger partial charge in [-0.25, -0.2) is 0 Å². The predicted molar refractivity (Wildman–Crippen MR) is 97.1 cm³/mol. The first-order valence-electron chi connectivity index (χ1n) is 7.87. The Morgan fingerprint density at radius 1 is 0.696 bits per heavy atom. The summed E-state index contributed by atoms with van der Waals surface area (Å²) in [5.74, 6) is 0. The molecule has 0 spiro atoms. The van der Waals surface area contributed by atoms with Gasteiger partial charge in [-0.1, -0.05) is 60.7 Å². The molecule has 23 heavy (non-hydrogen) atoms. The van der Waals surface area contributed by atoms with E-state index in [-0.39, 0.29) is 31.7 Å². The zero-order valence-electron chi connectivity index (χ0n) is 13.3. The van der Waals surface area contributed by atoms with E-state index in [1.807, 2.05) is 12.1 Å².